The van der Waals surface area contributed by atoms with E-state index in [4.69, 9.17) is 0 Å². The largest absolute Gasteiger partial charge is 0.395 e. The minimum atomic E-state index is -3.81. The van der Waals surface area contributed by atoms with Gasteiger partial charge >= 0.3 is 0 Å². The molecule has 0 unspecified atom stereocenters. The highest BCUT2D eigenvalue weighted by Gasteiger charge is 2.47. The highest BCUT2D eigenvalue weighted by Crippen LogP contribution is 2.40. The third kappa shape index (κ3) is 1.87. The van der Waals surface area contributed by atoms with Gasteiger partial charge in [-0.1, -0.05) is 25.0 Å². The lowest BCUT2D eigenvalue weighted by atomic mass is 10.1. The quantitative estimate of drug-likeness (QED) is 0.901. The van der Waals surface area contributed by atoms with E-state index in [1.54, 1.807) is 0 Å². The number of benzene rings is 1. The van der Waals surface area contributed by atoms with Gasteiger partial charge in [0.05, 0.1) is 11.4 Å². The van der Waals surface area contributed by atoms with Crippen molar-refractivity contribution >= 4 is 9.84 Å². The van der Waals surface area contributed by atoms with Crippen LogP contribution in [0.1, 0.15) is 25.7 Å². The molecule has 0 saturated heterocycles. The van der Waals surface area contributed by atoms with Gasteiger partial charge in [0, 0.05) is 0 Å². The molecule has 1 aliphatic rings. The molecular formula is C12H15FO3S. The number of sulfone groups is 1. The Balaban J connectivity index is 2.53. The van der Waals surface area contributed by atoms with Gasteiger partial charge in [0.1, 0.15) is 10.7 Å². The van der Waals surface area contributed by atoms with Gasteiger partial charge in [-0.3, -0.25) is 0 Å². The van der Waals surface area contributed by atoms with Crippen LogP contribution in [0.2, 0.25) is 0 Å². The Hall–Kier alpha value is -0.940. The zero-order chi connectivity index (χ0) is 12.5. The number of aliphatic hydroxyl groups excluding tert-OH is 1. The molecule has 0 bridgehead atoms. The summed E-state index contributed by atoms with van der Waals surface area (Å²) in [4.78, 5) is -0.295. The van der Waals surface area contributed by atoms with Crippen molar-refractivity contribution in [2.45, 2.75) is 35.3 Å². The van der Waals surface area contributed by atoms with Gasteiger partial charge in [-0.05, 0) is 25.0 Å². The summed E-state index contributed by atoms with van der Waals surface area (Å²) in [5.41, 5.74) is 0. The summed E-state index contributed by atoms with van der Waals surface area (Å²) in [6.45, 7) is -0.441. The van der Waals surface area contributed by atoms with E-state index < -0.39 is 27.0 Å². The number of aliphatic hydroxyl groups is 1. The molecular weight excluding hydrogens is 243 g/mol. The second-order valence-electron chi connectivity index (χ2n) is 4.48. The highest BCUT2D eigenvalue weighted by atomic mass is 32.2. The fourth-order valence-corrected chi connectivity index (χ4v) is 4.47. The van der Waals surface area contributed by atoms with Gasteiger partial charge in [0.2, 0.25) is 0 Å². The zero-order valence-electron chi connectivity index (χ0n) is 9.39. The number of rotatable bonds is 3. The predicted octanol–water partition coefficient (Wildman–Crippen LogP) is 1.90. The van der Waals surface area contributed by atoms with E-state index in [1.165, 1.54) is 18.2 Å². The van der Waals surface area contributed by atoms with E-state index in [0.717, 1.165) is 18.9 Å². The van der Waals surface area contributed by atoms with E-state index in [1.807, 2.05) is 0 Å². The van der Waals surface area contributed by atoms with Crippen LogP contribution in [0.15, 0.2) is 29.2 Å². The van der Waals surface area contributed by atoms with Crippen LogP contribution in [0, 0.1) is 5.82 Å². The summed E-state index contributed by atoms with van der Waals surface area (Å²) in [6.07, 6.45) is 2.32. The first-order chi connectivity index (χ1) is 8.03. The van der Waals surface area contributed by atoms with Gasteiger partial charge in [-0.15, -0.1) is 0 Å². The monoisotopic (exact) mass is 258 g/mol. The molecule has 1 aromatic rings. The Kier molecular flexibility index (Phi) is 3.23. The SMILES string of the molecule is O=S(=O)(c1ccccc1F)C1(CO)CCCC1. The number of hydrogen-bond acceptors (Lipinski definition) is 3. The van der Waals surface area contributed by atoms with Gasteiger partial charge < -0.3 is 5.11 Å². The minimum Gasteiger partial charge on any atom is -0.395 e. The first kappa shape index (κ1) is 12.5. The molecule has 0 spiro atoms. The average Bonchev–Trinajstić information content (AvgIpc) is 2.79. The molecule has 0 radical (unpaired) electrons. The van der Waals surface area contributed by atoms with Gasteiger partial charge in [-0.25, -0.2) is 12.8 Å². The Morgan fingerprint density at radius 1 is 1.24 bits per heavy atom. The molecule has 0 heterocycles. The van der Waals surface area contributed by atoms with Crippen LogP contribution in [-0.2, 0) is 9.84 Å². The molecule has 1 saturated carbocycles. The molecule has 0 aromatic heterocycles. The van der Waals surface area contributed by atoms with E-state index >= 15 is 0 Å². The first-order valence-electron chi connectivity index (χ1n) is 5.63. The first-order valence-corrected chi connectivity index (χ1v) is 7.12. The summed E-state index contributed by atoms with van der Waals surface area (Å²) >= 11 is 0. The minimum absolute atomic E-state index is 0.295. The lowest BCUT2D eigenvalue weighted by Crippen LogP contribution is -2.39. The van der Waals surface area contributed by atoms with Crippen LogP contribution < -0.4 is 0 Å². The lowest BCUT2D eigenvalue weighted by Gasteiger charge is -2.26. The summed E-state index contributed by atoms with van der Waals surface area (Å²) in [6, 6.07) is 5.35. The standard InChI is InChI=1S/C12H15FO3S/c13-10-5-1-2-6-11(10)17(15,16)12(9-14)7-3-4-8-12/h1-2,5-6,14H,3-4,7-9H2. The molecule has 2 rings (SSSR count). The van der Waals surface area contributed by atoms with Crippen molar-refractivity contribution in [1.82, 2.24) is 0 Å². The molecule has 0 aliphatic heterocycles. The summed E-state index contributed by atoms with van der Waals surface area (Å²) < 4.78 is 37.2. The molecule has 3 nitrogen and oxygen atoms in total. The Bertz CT molecular complexity index is 504. The number of halogens is 1. The van der Waals surface area contributed by atoms with Gasteiger partial charge in [0.15, 0.2) is 9.84 Å². The van der Waals surface area contributed by atoms with Gasteiger partial charge in [0.25, 0.3) is 0 Å². The second-order valence-corrected chi connectivity index (χ2v) is 6.79. The fourth-order valence-electron chi connectivity index (χ4n) is 2.43. The summed E-state index contributed by atoms with van der Waals surface area (Å²) in [5.74, 6) is -0.743. The van der Waals surface area contributed by atoms with Crippen molar-refractivity contribution in [2.75, 3.05) is 6.61 Å². The maximum Gasteiger partial charge on any atom is 0.189 e. The molecule has 17 heavy (non-hydrogen) atoms. The molecule has 94 valence electrons. The van der Waals surface area contributed by atoms with E-state index in [9.17, 15) is 17.9 Å². The van der Waals surface area contributed by atoms with Crippen LogP contribution in [-0.4, -0.2) is 24.9 Å². The third-order valence-electron chi connectivity index (χ3n) is 3.50. The van der Waals surface area contributed by atoms with Crippen molar-refractivity contribution in [2.24, 2.45) is 0 Å². The smallest absolute Gasteiger partial charge is 0.189 e. The molecule has 1 fully saturated rings. The van der Waals surface area contributed by atoms with Gasteiger partial charge in [-0.2, -0.15) is 0 Å². The molecule has 1 aliphatic carbocycles. The second kappa shape index (κ2) is 4.38. The Morgan fingerprint density at radius 3 is 2.35 bits per heavy atom. The van der Waals surface area contributed by atoms with E-state index in [2.05, 4.69) is 0 Å². The molecule has 5 heteroatoms. The average molecular weight is 258 g/mol. The summed E-state index contributed by atoms with van der Waals surface area (Å²) in [5, 5.41) is 9.40. The third-order valence-corrected chi connectivity index (χ3v) is 6.09. The van der Waals surface area contributed by atoms with Crippen LogP contribution in [0.4, 0.5) is 4.39 Å². The van der Waals surface area contributed by atoms with E-state index in [0.29, 0.717) is 12.8 Å². The lowest BCUT2D eigenvalue weighted by molar-refractivity contribution is 0.242. The Morgan fingerprint density at radius 2 is 1.82 bits per heavy atom. The Labute approximate surface area is 100 Å². The van der Waals surface area contributed by atoms with Crippen LogP contribution >= 0.6 is 0 Å². The summed E-state index contributed by atoms with van der Waals surface area (Å²) in [7, 11) is -3.81. The fraction of sp³-hybridized carbons (Fsp3) is 0.500. The van der Waals surface area contributed by atoms with Crippen molar-refractivity contribution in [3.05, 3.63) is 30.1 Å². The maximum atomic E-state index is 13.6. The van der Waals surface area contributed by atoms with Crippen LogP contribution in [0.3, 0.4) is 0 Å². The van der Waals surface area contributed by atoms with Crippen molar-refractivity contribution < 1.29 is 17.9 Å². The molecule has 0 amide bonds. The molecule has 0 atom stereocenters. The maximum absolute atomic E-state index is 13.6. The van der Waals surface area contributed by atoms with Crippen LogP contribution in [0.25, 0.3) is 0 Å². The van der Waals surface area contributed by atoms with Crippen molar-refractivity contribution in [1.29, 1.82) is 0 Å². The highest BCUT2D eigenvalue weighted by molar-refractivity contribution is 7.92. The van der Waals surface area contributed by atoms with Crippen molar-refractivity contribution in [3.8, 4) is 0 Å². The van der Waals surface area contributed by atoms with Crippen LogP contribution in [0.5, 0.6) is 0 Å². The normalized spacial score (nSPS) is 19.4. The van der Waals surface area contributed by atoms with E-state index in [-0.39, 0.29) is 4.90 Å². The molecule has 1 aromatic carbocycles. The number of hydrogen-bond donors (Lipinski definition) is 1. The predicted molar refractivity (Wildman–Crippen MR) is 61.9 cm³/mol. The molecule has 1 N–H and O–H groups in total. The zero-order valence-corrected chi connectivity index (χ0v) is 10.2. The topological polar surface area (TPSA) is 54.4 Å². The van der Waals surface area contributed by atoms with Crippen molar-refractivity contribution in [3.63, 3.8) is 0 Å².